The molecule has 2 aromatic rings. The summed E-state index contributed by atoms with van der Waals surface area (Å²) in [6.07, 6.45) is 10.7. The zero-order chi connectivity index (χ0) is 21.6. The number of amides is 1. The maximum Gasteiger partial charge on any atom is 0.242 e. The summed E-state index contributed by atoms with van der Waals surface area (Å²) in [5, 5.41) is 8.46. The lowest BCUT2D eigenvalue weighted by Gasteiger charge is -2.34. The smallest absolute Gasteiger partial charge is 0.242 e. The van der Waals surface area contributed by atoms with E-state index >= 15 is 0 Å². The van der Waals surface area contributed by atoms with Crippen LogP contribution in [0.3, 0.4) is 0 Å². The lowest BCUT2D eigenvalue weighted by molar-refractivity contribution is -0.132. The predicted molar refractivity (Wildman–Crippen MR) is 115 cm³/mol. The van der Waals surface area contributed by atoms with E-state index in [4.69, 9.17) is 0 Å². The fourth-order valence-corrected chi connectivity index (χ4v) is 5.10. The summed E-state index contributed by atoms with van der Waals surface area (Å²) in [5.41, 5.74) is 0.991. The lowest BCUT2D eigenvalue weighted by Crippen LogP contribution is -2.41. The van der Waals surface area contributed by atoms with Gasteiger partial charge in [0, 0.05) is 50.4 Å². The second-order valence-corrected chi connectivity index (χ2v) is 10.1. The number of carbonyl (C=O) groups excluding carboxylic acids is 1. The van der Waals surface area contributed by atoms with Gasteiger partial charge in [-0.15, -0.1) is 5.10 Å². The summed E-state index contributed by atoms with van der Waals surface area (Å²) >= 11 is 1.72. The molecule has 3 rings (SSSR count). The first-order chi connectivity index (χ1) is 14.4. The van der Waals surface area contributed by atoms with Crippen LogP contribution >= 0.6 is 11.8 Å². The number of hydrogen-bond acceptors (Lipinski definition) is 7. The topological polar surface area (TPSA) is 110 Å². The normalized spacial score (nSPS) is 19.5. The van der Waals surface area contributed by atoms with Gasteiger partial charge in [-0.2, -0.15) is 11.8 Å². The Morgan fingerprint density at radius 2 is 2.10 bits per heavy atom. The zero-order valence-corrected chi connectivity index (χ0v) is 18.9. The van der Waals surface area contributed by atoms with Gasteiger partial charge in [0.1, 0.15) is 4.90 Å². The van der Waals surface area contributed by atoms with Crippen LogP contribution in [0, 0.1) is 0 Å². The van der Waals surface area contributed by atoms with Crippen molar-refractivity contribution in [2.75, 3.05) is 19.8 Å². The third kappa shape index (κ3) is 5.79. The van der Waals surface area contributed by atoms with Gasteiger partial charge in [-0.05, 0) is 44.1 Å². The molecule has 9 nitrogen and oxygen atoms in total. The van der Waals surface area contributed by atoms with Crippen LogP contribution in [-0.4, -0.2) is 65.1 Å². The maximum atomic E-state index is 12.5. The van der Waals surface area contributed by atoms with Crippen molar-refractivity contribution < 1.29 is 13.2 Å². The van der Waals surface area contributed by atoms with Gasteiger partial charge in [-0.3, -0.25) is 9.78 Å². The molecule has 0 unspecified atom stereocenters. The fourth-order valence-electron chi connectivity index (χ4n) is 3.68. The van der Waals surface area contributed by atoms with Crippen molar-refractivity contribution in [2.24, 2.45) is 0 Å². The van der Waals surface area contributed by atoms with Crippen molar-refractivity contribution >= 4 is 27.7 Å². The van der Waals surface area contributed by atoms with Gasteiger partial charge in [0.05, 0.1) is 11.7 Å². The third-order valence-corrected chi connectivity index (χ3v) is 7.44. The van der Waals surface area contributed by atoms with Crippen molar-refractivity contribution in [3.63, 3.8) is 0 Å². The molecule has 0 spiro atoms. The summed E-state index contributed by atoms with van der Waals surface area (Å²) in [6.45, 7) is 0.0624. The minimum atomic E-state index is -3.65. The van der Waals surface area contributed by atoms with Gasteiger partial charge in [0.25, 0.3) is 0 Å². The number of nitrogens with zero attached hydrogens (tertiary/aromatic N) is 5. The minimum absolute atomic E-state index is 0.0599. The Morgan fingerprint density at radius 1 is 1.33 bits per heavy atom. The first-order valence-corrected chi connectivity index (χ1v) is 12.8. The Hall–Kier alpha value is -1.98. The highest BCUT2D eigenvalue weighted by molar-refractivity contribution is 7.97. The third-order valence-electron chi connectivity index (χ3n) is 5.41. The molecule has 0 saturated heterocycles. The monoisotopic (exact) mass is 452 g/mol. The number of pyridine rings is 1. The molecule has 0 aliphatic heterocycles. The summed E-state index contributed by atoms with van der Waals surface area (Å²) < 4.78 is 28.8. The van der Waals surface area contributed by atoms with Crippen LogP contribution in [0.4, 0.5) is 0 Å². The molecule has 0 bridgehead atoms. The summed E-state index contributed by atoms with van der Waals surface area (Å²) in [5.74, 6) is 0.798. The molecule has 11 heteroatoms. The second-order valence-electron chi connectivity index (χ2n) is 7.43. The Bertz CT molecular complexity index is 927. The molecule has 1 amide bonds. The Morgan fingerprint density at radius 3 is 2.77 bits per heavy atom. The fraction of sp³-hybridized carbons (Fsp3) is 0.579. The van der Waals surface area contributed by atoms with Crippen LogP contribution in [-0.2, 0) is 20.6 Å². The average Bonchev–Trinajstić information content (AvgIpc) is 3.23. The zero-order valence-electron chi connectivity index (χ0n) is 17.3. The predicted octanol–water partition coefficient (Wildman–Crippen LogP) is 1.85. The highest BCUT2D eigenvalue weighted by Gasteiger charge is 2.28. The van der Waals surface area contributed by atoms with E-state index in [0.29, 0.717) is 6.04 Å². The van der Waals surface area contributed by atoms with E-state index in [9.17, 15) is 13.2 Å². The number of sulfonamides is 1. The van der Waals surface area contributed by atoms with Gasteiger partial charge in [0.2, 0.25) is 15.9 Å². The first-order valence-electron chi connectivity index (χ1n) is 9.95. The van der Waals surface area contributed by atoms with Crippen LogP contribution in [0.15, 0.2) is 35.6 Å². The van der Waals surface area contributed by atoms with Gasteiger partial charge in [-0.1, -0.05) is 5.21 Å². The van der Waals surface area contributed by atoms with Crippen LogP contribution < -0.4 is 4.72 Å². The van der Waals surface area contributed by atoms with Crippen LogP contribution in [0.5, 0.6) is 0 Å². The molecule has 1 fully saturated rings. The minimum Gasteiger partial charge on any atom is -0.343 e. The highest BCUT2D eigenvalue weighted by Crippen LogP contribution is 2.30. The van der Waals surface area contributed by atoms with Crippen molar-refractivity contribution in [3.8, 4) is 0 Å². The molecule has 2 heterocycles. The summed E-state index contributed by atoms with van der Waals surface area (Å²) in [7, 11) is -1.85. The summed E-state index contributed by atoms with van der Waals surface area (Å²) in [6, 6.07) is 3.52. The molecular weight excluding hydrogens is 424 g/mol. The molecule has 1 N–H and O–H groups in total. The second kappa shape index (κ2) is 10.4. The van der Waals surface area contributed by atoms with Crippen molar-refractivity contribution in [1.29, 1.82) is 0 Å². The Labute approximate surface area is 181 Å². The molecule has 1 aliphatic carbocycles. The molecular formula is C19H28N6O3S2. The molecule has 30 heavy (non-hydrogen) atoms. The number of hydrogen-bond donors (Lipinski definition) is 1. The molecule has 164 valence electrons. The number of nitrogens with one attached hydrogen (secondary N) is 1. The molecule has 2 aromatic heterocycles. The van der Waals surface area contributed by atoms with Crippen LogP contribution in [0.25, 0.3) is 0 Å². The Balaban J connectivity index is 1.44. The SMILES string of the molecule is CSCc1cn(C2CCC(N(C)C(=O)CCNS(=O)(=O)c3cccnc3)CC2)nn1. The van der Waals surface area contributed by atoms with E-state index in [1.165, 1.54) is 18.5 Å². The number of carbonyl (C=O) groups is 1. The van der Waals surface area contributed by atoms with E-state index in [0.717, 1.165) is 37.1 Å². The highest BCUT2D eigenvalue weighted by atomic mass is 32.2. The van der Waals surface area contributed by atoms with Gasteiger partial charge in [-0.25, -0.2) is 17.8 Å². The summed E-state index contributed by atoms with van der Waals surface area (Å²) in [4.78, 5) is 18.2. The number of thioether (sulfide) groups is 1. The molecule has 1 saturated carbocycles. The molecule has 0 radical (unpaired) electrons. The quantitative estimate of drug-likeness (QED) is 0.618. The standard InChI is InChI=1S/C19H28N6O3S2/c1-24(19(26)9-11-21-30(27,28)18-4-3-10-20-12-18)16-5-7-17(8-6-16)25-13-15(14-29-2)22-23-25/h3-4,10,12-13,16-17,21H,5-9,11,14H2,1-2H3. The first kappa shape index (κ1) is 22.7. The van der Waals surface area contributed by atoms with Gasteiger partial charge >= 0.3 is 0 Å². The molecule has 0 aromatic carbocycles. The number of aromatic nitrogens is 4. The van der Waals surface area contributed by atoms with Crippen molar-refractivity contribution in [2.45, 2.75) is 54.8 Å². The van der Waals surface area contributed by atoms with E-state index in [1.54, 1.807) is 29.8 Å². The van der Waals surface area contributed by atoms with Gasteiger partial charge < -0.3 is 4.90 Å². The van der Waals surface area contributed by atoms with Crippen molar-refractivity contribution in [3.05, 3.63) is 36.4 Å². The van der Waals surface area contributed by atoms with E-state index in [1.807, 2.05) is 17.1 Å². The average molecular weight is 453 g/mol. The van der Waals surface area contributed by atoms with E-state index in [2.05, 4.69) is 20.0 Å². The largest absolute Gasteiger partial charge is 0.343 e. The van der Waals surface area contributed by atoms with Crippen molar-refractivity contribution in [1.82, 2.24) is 29.6 Å². The Kier molecular flexibility index (Phi) is 7.84. The van der Waals surface area contributed by atoms with E-state index in [-0.39, 0.29) is 29.8 Å². The van der Waals surface area contributed by atoms with Crippen LogP contribution in [0.2, 0.25) is 0 Å². The molecule has 0 atom stereocenters. The van der Waals surface area contributed by atoms with Gasteiger partial charge in [0.15, 0.2) is 0 Å². The molecule has 1 aliphatic rings. The maximum absolute atomic E-state index is 12.5. The van der Waals surface area contributed by atoms with E-state index < -0.39 is 10.0 Å². The lowest BCUT2D eigenvalue weighted by atomic mass is 9.90. The van der Waals surface area contributed by atoms with Crippen LogP contribution in [0.1, 0.15) is 43.8 Å². The number of rotatable bonds is 9.